The largest absolute Gasteiger partial charge is 0.353 e. The zero-order chi connectivity index (χ0) is 23.5. The minimum Gasteiger partial charge on any atom is -0.353 e. The van der Waals surface area contributed by atoms with Gasteiger partial charge in [-0.25, -0.2) is 15.0 Å². The molecular formula is C24H31N7OS2. The number of anilines is 2. The number of benzene rings is 1. The van der Waals surface area contributed by atoms with Crippen LogP contribution < -0.4 is 9.80 Å². The number of aromatic nitrogens is 4. The Morgan fingerprint density at radius 2 is 1.71 bits per heavy atom. The standard InChI is InChI=1S/C24H31N7OS2/c1-29(2)19-8-10-31(11-9-19)24-27-21-20(22(28-24)30-12-14-34(32)15-13-30)25-17-26-23(21)33-16-18-6-4-3-5-7-18/h3-7,17,19H,8-16H2,1-2H3. The quantitative estimate of drug-likeness (QED) is 0.377. The maximum atomic E-state index is 12.0. The molecule has 2 fully saturated rings. The fraction of sp³-hybridized carbons (Fsp3) is 0.500. The highest BCUT2D eigenvalue weighted by Crippen LogP contribution is 2.33. The Balaban J connectivity index is 1.50. The summed E-state index contributed by atoms with van der Waals surface area (Å²) in [6.45, 7) is 3.30. The van der Waals surface area contributed by atoms with E-state index < -0.39 is 10.8 Å². The second-order valence-electron chi connectivity index (χ2n) is 9.01. The van der Waals surface area contributed by atoms with Gasteiger partial charge < -0.3 is 14.7 Å². The van der Waals surface area contributed by atoms with Gasteiger partial charge in [0.2, 0.25) is 5.95 Å². The van der Waals surface area contributed by atoms with E-state index in [2.05, 4.69) is 63.0 Å². The lowest BCUT2D eigenvalue weighted by molar-refractivity contribution is 0.249. The molecule has 0 amide bonds. The molecule has 0 saturated carbocycles. The van der Waals surface area contributed by atoms with Crippen molar-refractivity contribution in [3.05, 3.63) is 42.2 Å². The van der Waals surface area contributed by atoms with Gasteiger partial charge in [-0.15, -0.1) is 0 Å². The number of nitrogens with zero attached hydrogens (tertiary/aromatic N) is 7. The van der Waals surface area contributed by atoms with Gasteiger partial charge in [-0.1, -0.05) is 42.1 Å². The Kier molecular flexibility index (Phi) is 7.26. The first-order valence-corrected chi connectivity index (χ1v) is 14.3. The molecule has 0 N–H and O–H groups in total. The van der Waals surface area contributed by atoms with E-state index in [1.54, 1.807) is 18.1 Å². The Bertz CT molecular complexity index is 1140. The van der Waals surface area contributed by atoms with Crippen LogP contribution in [0.4, 0.5) is 11.8 Å². The third kappa shape index (κ3) is 5.18. The maximum absolute atomic E-state index is 12.0. The van der Waals surface area contributed by atoms with Crippen LogP contribution in [0.1, 0.15) is 18.4 Å². The predicted octanol–water partition coefficient (Wildman–Crippen LogP) is 2.81. The van der Waals surface area contributed by atoms with Crippen LogP contribution in [0.15, 0.2) is 41.7 Å². The van der Waals surface area contributed by atoms with Crippen LogP contribution in [0, 0.1) is 0 Å². The monoisotopic (exact) mass is 497 g/mol. The highest BCUT2D eigenvalue weighted by atomic mass is 32.2. The lowest BCUT2D eigenvalue weighted by Gasteiger charge is -2.36. The molecule has 2 saturated heterocycles. The SMILES string of the molecule is CN(C)C1CCN(c2nc(N3CCS(=O)CC3)c3ncnc(SCc4ccccc4)c3n2)CC1. The fourth-order valence-electron chi connectivity index (χ4n) is 4.53. The van der Waals surface area contributed by atoms with Gasteiger partial charge in [0, 0.05) is 60.3 Å². The molecular weight excluding hydrogens is 466 g/mol. The molecule has 4 heterocycles. The first-order valence-electron chi connectivity index (χ1n) is 11.8. The Morgan fingerprint density at radius 1 is 0.971 bits per heavy atom. The van der Waals surface area contributed by atoms with Crippen LogP contribution in [0.25, 0.3) is 11.0 Å². The summed E-state index contributed by atoms with van der Waals surface area (Å²) in [7, 11) is 3.55. The Hall–Kier alpha value is -2.30. The lowest BCUT2D eigenvalue weighted by atomic mass is 10.0. The van der Waals surface area contributed by atoms with Crippen molar-refractivity contribution in [1.82, 2.24) is 24.8 Å². The van der Waals surface area contributed by atoms with Crippen LogP contribution in [-0.4, -0.2) is 86.9 Å². The van der Waals surface area contributed by atoms with Crippen LogP contribution >= 0.6 is 11.8 Å². The van der Waals surface area contributed by atoms with Gasteiger partial charge in [0.05, 0.1) is 0 Å². The molecule has 0 aliphatic carbocycles. The average Bonchev–Trinajstić information content (AvgIpc) is 2.88. The minimum absolute atomic E-state index is 0.591. The molecule has 8 nitrogen and oxygen atoms in total. The van der Waals surface area contributed by atoms with Gasteiger partial charge >= 0.3 is 0 Å². The second-order valence-corrected chi connectivity index (χ2v) is 11.7. The Morgan fingerprint density at radius 3 is 2.41 bits per heavy atom. The summed E-state index contributed by atoms with van der Waals surface area (Å²) in [6, 6.07) is 11.0. The first-order chi connectivity index (χ1) is 16.6. The third-order valence-electron chi connectivity index (χ3n) is 6.59. The van der Waals surface area contributed by atoms with E-state index in [4.69, 9.17) is 9.97 Å². The van der Waals surface area contributed by atoms with Gasteiger partial charge in [0.15, 0.2) is 5.82 Å². The molecule has 0 bridgehead atoms. The fourth-order valence-corrected chi connectivity index (χ4v) is 6.47. The molecule has 180 valence electrons. The zero-order valence-corrected chi connectivity index (χ0v) is 21.4. The number of piperidine rings is 1. The van der Waals surface area contributed by atoms with Gasteiger partial charge in [-0.05, 0) is 32.5 Å². The van der Waals surface area contributed by atoms with E-state index in [0.29, 0.717) is 17.5 Å². The molecule has 3 aromatic rings. The lowest BCUT2D eigenvalue weighted by Crippen LogP contribution is -2.43. The van der Waals surface area contributed by atoms with Crippen LogP contribution in [0.2, 0.25) is 0 Å². The summed E-state index contributed by atoms with van der Waals surface area (Å²) in [6.07, 6.45) is 3.80. The van der Waals surface area contributed by atoms with Crippen LogP contribution in [0.5, 0.6) is 0 Å². The van der Waals surface area contributed by atoms with E-state index in [1.807, 2.05) is 6.07 Å². The highest BCUT2D eigenvalue weighted by Gasteiger charge is 2.26. The molecule has 0 unspecified atom stereocenters. The summed E-state index contributed by atoms with van der Waals surface area (Å²) in [5, 5.41) is 0.877. The van der Waals surface area contributed by atoms with E-state index in [0.717, 1.165) is 72.6 Å². The van der Waals surface area contributed by atoms with Crippen LogP contribution in [-0.2, 0) is 16.6 Å². The van der Waals surface area contributed by atoms with E-state index in [9.17, 15) is 4.21 Å². The molecule has 10 heteroatoms. The Labute approximate surface area is 207 Å². The van der Waals surface area contributed by atoms with Crippen molar-refractivity contribution in [3.8, 4) is 0 Å². The van der Waals surface area contributed by atoms with Crippen molar-refractivity contribution in [2.45, 2.75) is 29.7 Å². The van der Waals surface area contributed by atoms with Gasteiger partial charge in [-0.3, -0.25) is 4.21 Å². The summed E-state index contributed by atoms with van der Waals surface area (Å²) in [5.41, 5.74) is 2.84. The van der Waals surface area contributed by atoms with E-state index >= 15 is 0 Å². The molecule has 2 aromatic heterocycles. The minimum atomic E-state index is -0.752. The van der Waals surface area contributed by atoms with Crippen molar-refractivity contribution in [2.24, 2.45) is 0 Å². The number of thioether (sulfide) groups is 1. The van der Waals surface area contributed by atoms with E-state index in [-0.39, 0.29) is 0 Å². The topological polar surface area (TPSA) is 78.4 Å². The average molecular weight is 498 g/mol. The first kappa shape index (κ1) is 23.4. The summed E-state index contributed by atoms with van der Waals surface area (Å²) >= 11 is 1.68. The van der Waals surface area contributed by atoms with Crippen molar-refractivity contribution < 1.29 is 4.21 Å². The molecule has 0 atom stereocenters. The zero-order valence-electron chi connectivity index (χ0n) is 19.8. The predicted molar refractivity (Wildman–Crippen MR) is 140 cm³/mol. The van der Waals surface area contributed by atoms with Crippen LogP contribution in [0.3, 0.4) is 0 Å². The third-order valence-corrected chi connectivity index (χ3v) is 8.92. The van der Waals surface area contributed by atoms with Crippen molar-refractivity contribution in [2.75, 3.05) is 61.6 Å². The molecule has 34 heavy (non-hydrogen) atoms. The maximum Gasteiger partial charge on any atom is 0.228 e. The number of fused-ring (bicyclic) bond motifs is 1. The van der Waals surface area contributed by atoms with Gasteiger partial charge in [-0.2, -0.15) is 4.98 Å². The number of hydrogen-bond donors (Lipinski definition) is 0. The number of rotatable bonds is 6. The summed E-state index contributed by atoms with van der Waals surface area (Å²) in [5.74, 6) is 3.74. The molecule has 5 rings (SSSR count). The number of hydrogen-bond acceptors (Lipinski definition) is 9. The van der Waals surface area contributed by atoms with E-state index in [1.165, 1.54) is 5.56 Å². The molecule has 2 aliphatic rings. The summed E-state index contributed by atoms with van der Waals surface area (Å²) < 4.78 is 12.0. The van der Waals surface area contributed by atoms with Crippen molar-refractivity contribution >= 4 is 45.4 Å². The molecule has 0 radical (unpaired) electrons. The smallest absolute Gasteiger partial charge is 0.228 e. The normalized spacial score (nSPS) is 18.2. The van der Waals surface area contributed by atoms with Gasteiger partial charge in [0.25, 0.3) is 0 Å². The van der Waals surface area contributed by atoms with Crippen molar-refractivity contribution in [1.29, 1.82) is 0 Å². The molecule has 1 aromatic carbocycles. The molecule has 0 spiro atoms. The van der Waals surface area contributed by atoms with Gasteiger partial charge in [0.1, 0.15) is 22.4 Å². The second kappa shape index (κ2) is 10.5. The molecule has 2 aliphatic heterocycles. The summed E-state index contributed by atoms with van der Waals surface area (Å²) in [4.78, 5) is 26.1. The highest BCUT2D eigenvalue weighted by molar-refractivity contribution is 7.98. The van der Waals surface area contributed by atoms with Crippen molar-refractivity contribution in [3.63, 3.8) is 0 Å².